The molecule has 0 bridgehead atoms. The highest BCUT2D eigenvalue weighted by atomic mass is 35.7. The number of terminal acetylenes is 1. The van der Waals surface area contributed by atoms with Crippen LogP contribution in [0.5, 0.6) is 0 Å². The molecule has 0 radical (unpaired) electrons. The summed E-state index contributed by atoms with van der Waals surface area (Å²) in [6.07, 6.45) is 7.00. The van der Waals surface area contributed by atoms with Crippen molar-refractivity contribution in [3.8, 4) is 12.3 Å². The summed E-state index contributed by atoms with van der Waals surface area (Å²) >= 11 is 0. The van der Waals surface area contributed by atoms with Crippen LogP contribution in [0.3, 0.4) is 0 Å². The van der Waals surface area contributed by atoms with Crippen LogP contribution < -0.4 is 0 Å². The smallest absolute Gasteiger partial charge is 0.263 e. The second kappa shape index (κ2) is 4.63. The maximum Gasteiger partial charge on any atom is 0.263 e. The maximum absolute atomic E-state index is 13.2. The standard InChI is InChI=1S/C12H9ClFNO2S/c1-2-3-6-15-8-12(18(13,16)17)10-7-9(14)4-5-11(10)15/h1,4-5,7-8H,3,6H2. The molecule has 18 heavy (non-hydrogen) atoms. The van der Waals surface area contributed by atoms with Gasteiger partial charge in [-0.15, -0.1) is 12.3 Å². The van der Waals surface area contributed by atoms with Gasteiger partial charge in [0.15, 0.2) is 0 Å². The van der Waals surface area contributed by atoms with Gasteiger partial charge in [-0.25, -0.2) is 12.8 Å². The zero-order valence-corrected chi connectivity index (χ0v) is 10.8. The lowest BCUT2D eigenvalue weighted by Gasteiger charge is -2.01. The Morgan fingerprint density at radius 1 is 1.44 bits per heavy atom. The van der Waals surface area contributed by atoms with Crippen LogP contribution in [0.25, 0.3) is 10.9 Å². The molecule has 2 aromatic rings. The summed E-state index contributed by atoms with van der Waals surface area (Å²) in [4.78, 5) is -0.101. The first-order chi connectivity index (χ1) is 8.43. The number of nitrogens with zero attached hydrogens (tertiary/aromatic N) is 1. The van der Waals surface area contributed by atoms with Crippen LogP contribution in [0.2, 0.25) is 0 Å². The zero-order chi connectivity index (χ0) is 13.3. The lowest BCUT2D eigenvalue weighted by atomic mass is 10.2. The first-order valence-corrected chi connectivity index (χ1v) is 7.41. The van der Waals surface area contributed by atoms with E-state index in [4.69, 9.17) is 17.1 Å². The van der Waals surface area contributed by atoms with Gasteiger partial charge in [0.05, 0.1) is 0 Å². The first-order valence-electron chi connectivity index (χ1n) is 5.10. The molecule has 2 rings (SSSR count). The number of aryl methyl sites for hydroxylation is 1. The Morgan fingerprint density at radius 2 is 2.17 bits per heavy atom. The van der Waals surface area contributed by atoms with E-state index < -0.39 is 14.9 Å². The largest absolute Gasteiger partial charge is 0.345 e. The molecule has 6 heteroatoms. The lowest BCUT2D eigenvalue weighted by Crippen LogP contribution is -1.94. The van der Waals surface area contributed by atoms with Gasteiger partial charge in [0.1, 0.15) is 10.7 Å². The molecule has 0 saturated carbocycles. The number of hydrogen-bond acceptors (Lipinski definition) is 2. The van der Waals surface area contributed by atoms with E-state index in [0.29, 0.717) is 18.5 Å². The normalized spacial score (nSPS) is 11.6. The van der Waals surface area contributed by atoms with Crippen molar-refractivity contribution in [2.45, 2.75) is 17.9 Å². The van der Waals surface area contributed by atoms with Gasteiger partial charge in [0.2, 0.25) is 0 Å². The Bertz CT molecular complexity index is 743. The van der Waals surface area contributed by atoms with E-state index in [9.17, 15) is 12.8 Å². The Morgan fingerprint density at radius 3 is 2.78 bits per heavy atom. The van der Waals surface area contributed by atoms with Crippen molar-refractivity contribution in [3.05, 3.63) is 30.2 Å². The molecule has 0 aliphatic rings. The second-order valence-corrected chi connectivity index (χ2v) is 6.27. The molecule has 0 atom stereocenters. The van der Waals surface area contributed by atoms with Crippen LogP contribution in [0.1, 0.15) is 6.42 Å². The van der Waals surface area contributed by atoms with E-state index in [1.807, 2.05) is 0 Å². The fourth-order valence-corrected chi connectivity index (χ4v) is 2.85. The third kappa shape index (κ3) is 2.35. The van der Waals surface area contributed by atoms with Gasteiger partial charge in [-0.2, -0.15) is 0 Å². The van der Waals surface area contributed by atoms with Gasteiger partial charge >= 0.3 is 0 Å². The quantitative estimate of drug-likeness (QED) is 0.642. The Hall–Kier alpha value is -1.51. The van der Waals surface area contributed by atoms with Crippen LogP contribution in [0, 0.1) is 18.2 Å². The molecule has 1 aromatic carbocycles. The molecule has 0 N–H and O–H groups in total. The van der Waals surface area contributed by atoms with E-state index in [0.717, 1.165) is 6.07 Å². The Balaban J connectivity index is 2.72. The molecule has 0 aliphatic heterocycles. The van der Waals surface area contributed by atoms with E-state index in [2.05, 4.69) is 5.92 Å². The number of fused-ring (bicyclic) bond motifs is 1. The minimum absolute atomic E-state index is 0.101. The lowest BCUT2D eigenvalue weighted by molar-refractivity contribution is 0.609. The minimum Gasteiger partial charge on any atom is -0.345 e. The SMILES string of the molecule is C#CCCn1cc(S(=O)(=O)Cl)c2cc(F)ccc21. The summed E-state index contributed by atoms with van der Waals surface area (Å²) in [5.41, 5.74) is 0.589. The topological polar surface area (TPSA) is 39.1 Å². The van der Waals surface area contributed by atoms with Gasteiger partial charge in [-0.1, -0.05) is 0 Å². The zero-order valence-electron chi connectivity index (χ0n) is 9.23. The van der Waals surface area contributed by atoms with Crippen molar-refractivity contribution in [1.29, 1.82) is 0 Å². The highest BCUT2D eigenvalue weighted by molar-refractivity contribution is 8.14. The monoisotopic (exact) mass is 285 g/mol. The Kier molecular flexibility index (Phi) is 3.33. The number of aromatic nitrogens is 1. The Labute approximate surface area is 109 Å². The molecular formula is C12H9ClFNO2S. The van der Waals surface area contributed by atoms with Crippen LogP contribution in [0.15, 0.2) is 29.3 Å². The van der Waals surface area contributed by atoms with Crippen molar-refractivity contribution in [2.75, 3.05) is 0 Å². The van der Waals surface area contributed by atoms with Crippen molar-refractivity contribution in [2.24, 2.45) is 0 Å². The first kappa shape index (κ1) is 12.9. The molecule has 1 heterocycles. The highest BCUT2D eigenvalue weighted by Gasteiger charge is 2.18. The van der Waals surface area contributed by atoms with Crippen LogP contribution >= 0.6 is 10.7 Å². The molecule has 0 spiro atoms. The number of rotatable bonds is 3. The van der Waals surface area contributed by atoms with Gasteiger partial charge < -0.3 is 4.57 Å². The summed E-state index contributed by atoms with van der Waals surface area (Å²) in [6.45, 7) is 0.449. The molecular weight excluding hydrogens is 277 g/mol. The molecule has 94 valence electrons. The number of benzene rings is 1. The predicted molar refractivity (Wildman–Crippen MR) is 68.4 cm³/mol. The van der Waals surface area contributed by atoms with Gasteiger partial charge in [-0.05, 0) is 18.2 Å². The molecule has 0 amide bonds. The predicted octanol–water partition coefficient (Wildman–Crippen LogP) is 2.73. The molecule has 0 saturated heterocycles. The third-order valence-corrected chi connectivity index (χ3v) is 3.92. The van der Waals surface area contributed by atoms with Crippen molar-refractivity contribution < 1.29 is 12.8 Å². The second-order valence-electron chi connectivity index (χ2n) is 3.74. The van der Waals surface area contributed by atoms with Gasteiger partial charge in [0.25, 0.3) is 9.05 Å². The van der Waals surface area contributed by atoms with E-state index >= 15 is 0 Å². The average molecular weight is 286 g/mol. The summed E-state index contributed by atoms with van der Waals surface area (Å²) in [6, 6.07) is 3.92. The van der Waals surface area contributed by atoms with E-state index in [1.165, 1.54) is 18.3 Å². The number of halogens is 2. The molecule has 0 unspecified atom stereocenters. The fraction of sp³-hybridized carbons (Fsp3) is 0.167. The molecule has 3 nitrogen and oxygen atoms in total. The van der Waals surface area contributed by atoms with Crippen LogP contribution in [0.4, 0.5) is 4.39 Å². The molecule has 1 aromatic heterocycles. The summed E-state index contributed by atoms with van der Waals surface area (Å²) in [5.74, 6) is 1.95. The highest BCUT2D eigenvalue weighted by Crippen LogP contribution is 2.28. The van der Waals surface area contributed by atoms with Crippen LogP contribution in [-0.2, 0) is 15.6 Å². The summed E-state index contributed by atoms with van der Waals surface area (Å²) in [7, 11) is 1.42. The van der Waals surface area contributed by atoms with Crippen molar-refractivity contribution >= 4 is 30.6 Å². The molecule has 0 fully saturated rings. The van der Waals surface area contributed by atoms with Crippen molar-refractivity contribution in [1.82, 2.24) is 4.57 Å². The fourth-order valence-electron chi connectivity index (χ4n) is 1.80. The summed E-state index contributed by atoms with van der Waals surface area (Å²) in [5, 5.41) is 0.266. The number of hydrogen-bond donors (Lipinski definition) is 0. The van der Waals surface area contributed by atoms with Crippen molar-refractivity contribution in [3.63, 3.8) is 0 Å². The average Bonchev–Trinajstić information content (AvgIpc) is 2.64. The van der Waals surface area contributed by atoms with Gasteiger partial charge in [0, 0.05) is 40.7 Å². The van der Waals surface area contributed by atoms with E-state index in [1.54, 1.807) is 4.57 Å². The molecule has 0 aliphatic carbocycles. The third-order valence-electron chi connectivity index (χ3n) is 2.57. The van der Waals surface area contributed by atoms with Crippen LogP contribution in [-0.4, -0.2) is 13.0 Å². The maximum atomic E-state index is 13.2. The summed E-state index contributed by atoms with van der Waals surface area (Å²) < 4.78 is 37.7. The van der Waals surface area contributed by atoms with Gasteiger partial charge in [-0.3, -0.25) is 0 Å². The van der Waals surface area contributed by atoms with E-state index in [-0.39, 0.29) is 10.3 Å². The minimum atomic E-state index is -3.92.